The molecule has 0 heterocycles. The summed E-state index contributed by atoms with van der Waals surface area (Å²) in [5.41, 5.74) is 2.88. The van der Waals surface area contributed by atoms with E-state index in [-0.39, 0.29) is 5.41 Å². The van der Waals surface area contributed by atoms with Gasteiger partial charge in [-0.25, -0.2) is 0 Å². The van der Waals surface area contributed by atoms with Crippen LogP contribution in [0.5, 0.6) is 0 Å². The van der Waals surface area contributed by atoms with Crippen LogP contribution in [-0.4, -0.2) is 0 Å². The second-order valence-electron chi connectivity index (χ2n) is 5.18. The molecule has 0 aliphatic rings. The zero-order chi connectivity index (χ0) is 10.9. The molecule has 0 aliphatic heterocycles. The molecule has 0 bridgehead atoms. The predicted molar refractivity (Wildman–Crippen MR) is 66.5 cm³/mol. The Morgan fingerprint density at radius 1 is 1.14 bits per heavy atom. The van der Waals surface area contributed by atoms with Crippen LogP contribution in [0.3, 0.4) is 0 Å². The van der Waals surface area contributed by atoms with E-state index in [0.717, 1.165) is 4.90 Å². The van der Waals surface area contributed by atoms with Crippen LogP contribution in [0.15, 0.2) is 23.1 Å². The fourth-order valence-electron chi connectivity index (χ4n) is 1.54. The summed E-state index contributed by atoms with van der Waals surface area (Å²) in [4.78, 5) is 1.11. The molecule has 1 rings (SSSR count). The lowest BCUT2D eigenvalue weighted by Crippen LogP contribution is -2.12. The van der Waals surface area contributed by atoms with Crippen molar-refractivity contribution < 1.29 is 0 Å². The Balaban J connectivity index is 3.15. The minimum absolute atomic E-state index is 0.187. The third-order valence-corrected chi connectivity index (χ3v) is 2.87. The Labute approximate surface area is 93.1 Å². The molecule has 0 aliphatic carbocycles. The Kier molecular flexibility index (Phi) is 3.31. The van der Waals surface area contributed by atoms with Crippen molar-refractivity contribution in [3.05, 3.63) is 29.3 Å². The average molecular weight is 208 g/mol. The molecule has 0 N–H and O–H groups in total. The first kappa shape index (κ1) is 11.6. The van der Waals surface area contributed by atoms with Gasteiger partial charge in [0, 0.05) is 4.90 Å². The quantitative estimate of drug-likeness (QED) is 0.650. The third kappa shape index (κ3) is 2.54. The third-order valence-electron chi connectivity index (χ3n) is 2.50. The Bertz CT molecular complexity index is 318. The molecular weight excluding hydrogens is 188 g/mol. The molecular formula is C13H20S. The highest BCUT2D eigenvalue weighted by Crippen LogP contribution is 2.30. The second kappa shape index (κ2) is 3.98. The molecule has 1 heteroatoms. The molecule has 0 unspecified atom stereocenters. The first-order valence-electron chi connectivity index (χ1n) is 5.16. The summed E-state index contributed by atoms with van der Waals surface area (Å²) in [5, 5.41) is 0. The summed E-state index contributed by atoms with van der Waals surface area (Å²) < 4.78 is 0. The van der Waals surface area contributed by atoms with E-state index in [9.17, 15) is 0 Å². The van der Waals surface area contributed by atoms with E-state index in [0.29, 0.717) is 5.92 Å². The number of benzene rings is 1. The number of rotatable bonds is 1. The zero-order valence-electron chi connectivity index (χ0n) is 9.76. The van der Waals surface area contributed by atoms with Gasteiger partial charge in [0.15, 0.2) is 0 Å². The smallest absolute Gasteiger partial charge is 0.00802 e. The minimum atomic E-state index is 0.187. The summed E-state index contributed by atoms with van der Waals surface area (Å²) in [5.74, 6) is 0.579. The molecule has 78 valence electrons. The highest BCUT2D eigenvalue weighted by Gasteiger charge is 2.16. The van der Waals surface area contributed by atoms with Gasteiger partial charge in [-0.3, -0.25) is 0 Å². The summed E-state index contributed by atoms with van der Waals surface area (Å²) in [6, 6.07) is 6.61. The lowest BCUT2D eigenvalue weighted by molar-refractivity contribution is 0.577. The SMILES string of the molecule is CC(C)c1ccc(C(C)(C)C)c(S)c1. The van der Waals surface area contributed by atoms with Gasteiger partial charge < -0.3 is 0 Å². The van der Waals surface area contributed by atoms with Crippen LogP contribution in [-0.2, 0) is 5.41 Å². The van der Waals surface area contributed by atoms with Crippen LogP contribution in [0, 0.1) is 0 Å². The Morgan fingerprint density at radius 2 is 1.71 bits per heavy atom. The maximum atomic E-state index is 4.56. The van der Waals surface area contributed by atoms with Crippen molar-refractivity contribution in [1.29, 1.82) is 0 Å². The summed E-state index contributed by atoms with van der Waals surface area (Å²) in [6.45, 7) is 11.1. The van der Waals surface area contributed by atoms with E-state index < -0.39 is 0 Å². The Hall–Kier alpha value is -0.430. The fourth-order valence-corrected chi connectivity index (χ4v) is 2.10. The van der Waals surface area contributed by atoms with Crippen LogP contribution < -0.4 is 0 Å². The predicted octanol–water partition coefficient (Wildman–Crippen LogP) is 4.40. The van der Waals surface area contributed by atoms with Crippen molar-refractivity contribution >= 4 is 12.6 Å². The molecule has 0 saturated heterocycles. The molecule has 1 aromatic carbocycles. The van der Waals surface area contributed by atoms with Crippen LogP contribution in [0.1, 0.15) is 51.7 Å². The lowest BCUT2D eigenvalue weighted by atomic mass is 9.86. The van der Waals surface area contributed by atoms with Gasteiger partial charge in [0.2, 0.25) is 0 Å². The summed E-state index contributed by atoms with van der Waals surface area (Å²) in [6.07, 6.45) is 0. The van der Waals surface area contributed by atoms with E-state index in [1.54, 1.807) is 0 Å². The average Bonchev–Trinajstić information content (AvgIpc) is 2.01. The lowest BCUT2D eigenvalue weighted by Gasteiger charge is -2.22. The molecule has 0 spiro atoms. The van der Waals surface area contributed by atoms with Gasteiger partial charge >= 0.3 is 0 Å². The van der Waals surface area contributed by atoms with Gasteiger partial charge in [-0.1, -0.05) is 46.8 Å². The molecule has 0 amide bonds. The van der Waals surface area contributed by atoms with E-state index in [2.05, 4.69) is 65.4 Å². The van der Waals surface area contributed by atoms with Crippen LogP contribution in [0.25, 0.3) is 0 Å². The number of thiol groups is 1. The van der Waals surface area contributed by atoms with Gasteiger partial charge in [0.25, 0.3) is 0 Å². The maximum Gasteiger partial charge on any atom is 0.00802 e. The van der Waals surface area contributed by atoms with Crippen molar-refractivity contribution in [1.82, 2.24) is 0 Å². The minimum Gasteiger partial charge on any atom is -0.143 e. The maximum absolute atomic E-state index is 4.56. The highest BCUT2D eigenvalue weighted by atomic mass is 32.1. The largest absolute Gasteiger partial charge is 0.143 e. The molecule has 0 fully saturated rings. The van der Waals surface area contributed by atoms with Crippen molar-refractivity contribution in [2.75, 3.05) is 0 Å². The Morgan fingerprint density at radius 3 is 2.07 bits per heavy atom. The molecule has 0 aromatic heterocycles. The highest BCUT2D eigenvalue weighted by molar-refractivity contribution is 7.80. The monoisotopic (exact) mass is 208 g/mol. The van der Waals surface area contributed by atoms with Crippen molar-refractivity contribution in [3.8, 4) is 0 Å². The van der Waals surface area contributed by atoms with Crippen molar-refractivity contribution in [2.24, 2.45) is 0 Å². The molecule has 1 aromatic rings. The van der Waals surface area contributed by atoms with E-state index >= 15 is 0 Å². The van der Waals surface area contributed by atoms with Crippen molar-refractivity contribution in [2.45, 2.75) is 50.8 Å². The van der Waals surface area contributed by atoms with E-state index in [1.807, 2.05) is 0 Å². The van der Waals surface area contributed by atoms with Gasteiger partial charge in [-0.2, -0.15) is 0 Å². The topological polar surface area (TPSA) is 0 Å². The van der Waals surface area contributed by atoms with Gasteiger partial charge in [-0.05, 0) is 28.5 Å². The van der Waals surface area contributed by atoms with Gasteiger partial charge in [0.1, 0.15) is 0 Å². The van der Waals surface area contributed by atoms with Crippen LogP contribution >= 0.6 is 12.6 Å². The second-order valence-corrected chi connectivity index (χ2v) is 5.66. The van der Waals surface area contributed by atoms with E-state index in [1.165, 1.54) is 11.1 Å². The molecule has 0 atom stereocenters. The standard InChI is InChI=1S/C13H20S/c1-9(2)10-6-7-11(12(14)8-10)13(3,4)5/h6-9,14H,1-5H3. The molecule has 0 radical (unpaired) electrons. The zero-order valence-corrected chi connectivity index (χ0v) is 10.7. The van der Waals surface area contributed by atoms with Gasteiger partial charge in [-0.15, -0.1) is 12.6 Å². The van der Waals surface area contributed by atoms with Crippen molar-refractivity contribution in [3.63, 3.8) is 0 Å². The van der Waals surface area contributed by atoms with Crippen LogP contribution in [0.4, 0.5) is 0 Å². The fraction of sp³-hybridized carbons (Fsp3) is 0.538. The van der Waals surface area contributed by atoms with Crippen LogP contribution in [0.2, 0.25) is 0 Å². The van der Waals surface area contributed by atoms with E-state index in [4.69, 9.17) is 0 Å². The first-order valence-corrected chi connectivity index (χ1v) is 5.60. The molecule has 14 heavy (non-hydrogen) atoms. The number of hydrogen-bond acceptors (Lipinski definition) is 1. The first-order chi connectivity index (χ1) is 6.32. The number of hydrogen-bond donors (Lipinski definition) is 1. The molecule has 0 nitrogen and oxygen atoms in total. The summed E-state index contributed by atoms with van der Waals surface area (Å²) >= 11 is 4.56. The normalized spacial score (nSPS) is 12.2. The summed E-state index contributed by atoms with van der Waals surface area (Å²) in [7, 11) is 0. The molecule has 0 saturated carbocycles. The van der Waals surface area contributed by atoms with Gasteiger partial charge in [0.05, 0.1) is 0 Å².